The maximum absolute atomic E-state index is 12.0. The molecule has 1 aliphatic rings. The van der Waals surface area contributed by atoms with Gasteiger partial charge in [-0.05, 0) is 25.7 Å². The Hall–Kier alpha value is -0.530. The average Bonchev–Trinajstić information content (AvgIpc) is 2.00. The second-order valence-electron chi connectivity index (χ2n) is 5.39. The minimum absolute atomic E-state index is 0.222. The minimum atomic E-state index is -0.222. The lowest BCUT2D eigenvalue weighted by Gasteiger charge is -2.35. The Labute approximate surface area is 87.7 Å². The van der Waals surface area contributed by atoms with Gasteiger partial charge in [-0.15, -0.1) is 0 Å². The Balaban J connectivity index is 2.47. The quantitative estimate of drug-likeness (QED) is 0.681. The number of nitrogens with zero attached hydrogens (tertiary/aromatic N) is 1. The molecule has 0 spiro atoms. The van der Waals surface area contributed by atoms with Crippen molar-refractivity contribution in [1.29, 1.82) is 0 Å². The molecular weight excluding hydrogens is 174 g/mol. The van der Waals surface area contributed by atoms with Gasteiger partial charge in [0.25, 0.3) is 0 Å². The zero-order valence-corrected chi connectivity index (χ0v) is 9.97. The molecular formula is C12H23NO. The van der Waals surface area contributed by atoms with E-state index in [1.165, 1.54) is 19.3 Å². The lowest BCUT2D eigenvalue weighted by molar-refractivity contribution is -0.140. The first kappa shape index (κ1) is 11.5. The van der Waals surface area contributed by atoms with E-state index in [-0.39, 0.29) is 5.41 Å². The summed E-state index contributed by atoms with van der Waals surface area (Å²) in [6.07, 6.45) is 3.98. The number of carbonyl (C=O) groups excluding carboxylic acids is 1. The van der Waals surface area contributed by atoms with Crippen LogP contribution < -0.4 is 0 Å². The lowest BCUT2D eigenvalue weighted by Crippen LogP contribution is -2.43. The monoisotopic (exact) mass is 197 g/mol. The van der Waals surface area contributed by atoms with Crippen LogP contribution in [0.15, 0.2) is 0 Å². The lowest BCUT2D eigenvalue weighted by atomic mass is 9.84. The third-order valence-corrected chi connectivity index (χ3v) is 3.01. The summed E-state index contributed by atoms with van der Waals surface area (Å²) in [6, 6.07) is 0. The van der Waals surface area contributed by atoms with Crippen molar-refractivity contribution in [1.82, 2.24) is 4.90 Å². The first-order valence-electron chi connectivity index (χ1n) is 5.74. The summed E-state index contributed by atoms with van der Waals surface area (Å²) in [5, 5.41) is 0. The zero-order chi connectivity index (χ0) is 10.8. The van der Waals surface area contributed by atoms with Gasteiger partial charge in [0.15, 0.2) is 0 Å². The third kappa shape index (κ3) is 2.73. The summed E-state index contributed by atoms with van der Waals surface area (Å²) in [6.45, 7) is 9.90. The number of amides is 1. The van der Waals surface area contributed by atoms with Crippen molar-refractivity contribution in [3.05, 3.63) is 0 Å². The third-order valence-electron chi connectivity index (χ3n) is 3.01. The van der Waals surface area contributed by atoms with Gasteiger partial charge in [-0.2, -0.15) is 0 Å². The van der Waals surface area contributed by atoms with E-state index in [0.29, 0.717) is 5.91 Å². The molecule has 0 aromatic rings. The summed E-state index contributed by atoms with van der Waals surface area (Å²) in [5.74, 6) is 1.08. The molecule has 2 heteroatoms. The van der Waals surface area contributed by atoms with Crippen LogP contribution in [-0.4, -0.2) is 23.9 Å². The average molecular weight is 197 g/mol. The van der Waals surface area contributed by atoms with E-state index >= 15 is 0 Å². The molecule has 0 bridgehead atoms. The van der Waals surface area contributed by atoms with Crippen molar-refractivity contribution in [3.63, 3.8) is 0 Å². The van der Waals surface area contributed by atoms with Gasteiger partial charge in [0.1, 0.15) is 0 Å². The second-order valence-corrected chi connectivity index (χ2v) is 5.39. The molecule has 0 heterocycles. The molecule has 1 saturated carbocycles. The molecule has 2 nitrogen and oxygen atoms in total. The summed E-state index contributed by atoms with van der Waals surface area (Å²) in [4.78, 5) is 14.0. The first-order valence-corrected chi connectivity index (χ1v) is 5.74. The van der Waals surface area contributed by atoms with Crippen LogP contribution in [-0.2, 0) is 4.79 Å². The summed E-state index contributed by atoms with van der Waals surface area (Å²) in [5.41, 5.74) is -0.222. The Kier molecular flexibility index (Phi) is 3.57. The van der Waals surface area contributed by atoms with E-state index in [9.17, 15) is 4.79 Å². The normalized spacial score (nSPS) is 17.7. The molecule has 0 radical (unpaired) electrons. The molecule has 1 fully saturated rings. The van der Waals surface area contributed by atoms with Crippen molar-refractivity contribution in [2.45, 2.75) is 47.0 Å². The number of hydrogen-bond donors (Lipinski definition) is 0. The van der Waals surface area contributed by atoms with Gasteiger partial charge in [0.2, 0.25) is 5.91 Å². The van der Waals surface area contributed by atoms with Gasteiger partial charge in [0.05, 0.1) is 0 Å². The topological polar surface area (TPSA) is 20.3 Å². The highest BCUT2D eigenvalue weighted by molar-refractivity contribution is 5.81. The van der Waals surface area contributed by atoms with Crippen LogP contribution in [0.5, 0.6) is 0 Å². The molecule has 0 aromatic heterocycles. The van der Waals surface area contributed by atoms with Gasteiger partial charge < -0.3 is 4.90 Å². The molecule has 0 atom stereocenters. The van der Waals surface area contributed by atoms with E-state index in [1.54, 1.807) is 0 Å². The molecule has 1 amide bonds. The molecule has 0 aliphatic heterocycles. The second kappa shape index (κ2) is 4.33. The number of carbonyl (C=O) groups is 1. The first-order chi connectivity index (χ1) is 6.45. The van der Waals surface area contributed by atoms with Crippen LogP contribution >= 0.6 is 0 Å². The zero-order valence-electron chi connectivity index (χ0n) is 9.97. The maximum Gasteiger partial charge on any atom is 0.227 e. The highest BCUT2D eigenvalue weighted by Crippen LogP contribution is 2.28. The van der Waals surface area contributed by atoms with E-state index in [1.807, 2.05) is 25.7 Å². The van der Waals surface area contributed by atoms with Crippen LogP contribution in [0.25, 0.3) is 0 Å². The number of rotatable bonds is 3. The van der Waals surface area contributed by atoms with E-state index in [2.05, 4.69) is 6.92 Å². The van der Waals surface area contributed by atoms with Crippen molar-refractivity contribution < 1.29 is 4.79 Å². The fraction of sp³-hybridized carbons (Fsp3) is 0.917. The van der Waals surface area contributed by atoms with Gasteiger partial charge in [-0.3, -0.25) is 4.79 Å². The molecule has 0 saturated heterocycles. The van der Waals surface area contributed by atoms with Crippen molar-refractivity contribution in [3.8, 4) is 0 Å². The van der Waals surface area contributed by atoms with Gasteiger partial charge in [-0.25, -0.2) is 0 Å². The summed E-state index contributed by atoms with van der Waals surface area (Å²) >= 11 is 0. The SMILES string of the molecule is CCN(CC1CCC1)C(=O)C(C)(C)C. The Morgan fingerprint density at radius 3 is 2.21 bits per heavy atom. The molecule has 1 aliphatic carbocycles. The Morgan fingerprint density at radius 2 is 1.93 bits per heavy atom. The van der Waals surface area contributed by atoms with Crippen molar-refractivity contribution in [2.24, 2.45) is 11.3 Å². The summed E-state index contributed by atoms with van der Waals surface area (Å²) in [7, 11) is 0. The Morgan fingerprint density at radius 1 is 1.36 bits per heavy atom. The van der Waals surface area contributed by atoms with Crippen LogP contribution in [0.4, 0.5) is 0 Å². The highest BCUT2D eigenvalue weighted by Gasteiger charge is 2.29. The molecule has 14 heavy (non-hydrogen) atoms. The van der Waals surface area contributed by atoms with Gasteiger partial charge >= 0.3 is 0 Å². The molecule has 1 rings (SSSR count). The van der Waals surface area contributed by atoms with E-state index in [4.69, 9.17) is 0 Å². The molecule has 0 unspecified atom stereocenters. The van der Waals surface area contributed by atoms with Crippen LogP contribution in [0.3, 0.4) is 0 Å². The van der Waals surface area contributed by atoms with Crippen molar-refractivity contribution >= 4 is 5.91 Å². The van der Waals surface area contributed by atoms with Crippen LogP contribution in [0.1, 0.15) is 47.0 Å². The van der Waals surface area contributed by atoms with Crippen LogP contribution in [0.2, 0.25) is 0 Å². The van der Waals surface area contributed by atoms with Gasteiger partial charge in [-0.1, -0.05) is 27.2 Å². The minimum Gasteiger partial charge on any atom is -0.342 e. The molecule has 0 N–H and O–H groups in total. The van der Waals surface area contributed by atoms with E-state index in [0.717, 1.165) is 19.0 Å². The Bertz CT molecular complexity index is 201. The van der Waals surface area contributed by atoms with Crippen molar-refractivity contribution in [2.75, 3.05) is 13.1 Å². The van der Waals surface area contributed by atoms with E-state index < -0.39 is 0 Å². The van der Waals surface area contributed by atoms with Crippen LogP contribution in [0, 0.1) is 11.3 Å². The van der Waals surface area contributed by atoms with Gasteiger partial charge in [0, 0.05) is 18.5 Å². The highest BCUT2D eigenvalue weighted by atomic mass is 16.2. The number of hydrogen-bond acceptors (Lipinski definition) is 1. The molecule has 0 aromatic carbocycles. The smallest absolute Gasteiger partial charge is 0.227 e. The predicted octanol–water partition coefficient (Wildman–Crippen LogP) is 2.68. The fourth-order valence-corrected chi connectivity index (χ4v) is 1.82. The largest absolute Gasteiger partial charge is 0.342 e. The molecule has 82 valence electrons. The predicted molar refractivity (Wildman–Crippen MR) is 59.1 cm³/mol. The summed E-state index contributed by atoms with van der Waals surface area (Å²) < 4.78 is 0. The standard InChI is InChI=1S/C12H23NO/c1-5-13(9-10-7-6-8-10)11(14)12(2,3)4/h10H,5-9H2,1-4H3. The fourth-order valence-electron chi connectivity index (χ4n) is 1.82. The maximum atomic E-state index is 12.0.